The van der Waals surface area contributed by atoms with Gasteiger partial charge < -0.3 is 9.57 Å². The number of fused-ring (bicyclic) bond motifs is 1. The minimum atomic E-state index is -0.486. The summed E-state index contributed by atoms with van der Waals surface area (Å²) in [4.78, 5) is 40.1. The van der Waals surface area contributed by atoms with Crippen molar-refractivity contribution < 1.29 is 24.0 Å². The Kier molecular flexibility index (Phi) is 9.81. The number of rotatable bonds is 12. The molecule has 0 spiro atoms. The first-order valence-electron chi connectivity index (χ1n) is 13.2. The highest BCUT2D eigenvalue weighted by Gasteiger charge is 2.22. The maximum atomic E-state index is 12.4. The van der Waals surface area contributed by atoms with Gasteiger partial charge in [0.15, 0.2) is 11.6 Å². The van der Waals surface area contributed by atoms with Crippen LogP contribution in [0.1, 0.15) is 80.4 Å². The van der Waals surface area contributed by atoms with E-state index in [9.17, 15) is 14.4 Å². The largest absolute Gasteiger partial charge is 0.486 e. The summed E-state index contributed by atoms with van der Waals surface area (Å²) in [5.41, 5.74) is 6.13. The molecule has 6 nitrogen and oxygen atoms in total. The number of benzene rings is 3. The minimum Gasteiger partial charge on any atom is -0.486 e. The van der Waals surface area contributed by atoms with Crippen LogP contribution in [0, 0.1) is 12.3 Å². The van der Waals surface area contributed by atoms with Crippen LogP contribution < -0.4 is 10.2 Å². The van der Waals surface area contributed by atoms with Gasteiger partial charge in [-0.3, -0.25) is 14.4 Å². The molecule has 1 unspecified atom stereocenters. The molecule has 38 heavy (non-hydrogen) atoms. The fraction of sp³-hybridized carbons (Fsp3) is 0.406. The summed E-state index contributed by atoms with van der Waals surface area (Å²) >= 11 is 0. The Morgan fingerprint density at radius 3 is 2.32 bits per heavy atom. The van der Waals surface area contributed by atoms with Gasteiger partial charge in [0, 0.05) is 17.9 Å². The molecule has 0 amide bonds. The predicted octanol–water partition coefficient (Wildman–Crippen LogP) is 6.52. The van der Waals surface area contributed by atoms with Crippen molar-refractivity contribution in [1.82, 2.24) is 5.48 Å². The smallest absolute Gasteiger partial charge is 0.321 e. The van der Waals surface area contributed by atoms with Crippen LogP contribution in [0.25, 0.3) is 10.8 Å². The highest BCUT2D eigenvalue weighted by Crippen LogP contribution is 2.30. The van der Waals surface area contributed by atoms with Crippen LogP contribution in [0.2, 0.25) is 0 Å². The van der Waals surface area contributed by atoms with Crippen molar-refractivity contribution in [3.8, 4) is 5.75 Å². The van der Waals surface area contributed by atoms with Gasteiger partial charge in [-0.2, -0.15) is 0 Å². The van der Waals surface area contributed by atoms with E-state index in [1.54, 1.807) is 6.07 Å². The third-order valence-corrected chi connectivity index (χ3v) is 6.82. The zero-order chi connectivity index (χ0) is 27.9. The first-order valence-corrected chi connectivity index (χ1v) is 13.2. The third-order valence-electron chi connectivity index (χ3n) is 6.82. The molecule has 3 aromatic carbocycles. The summed E-state index contributed by atoms with van der Waals surface area (Å²) in [5.74, 6) is 0.632. The van der Waals surface area contributed by atoms with E-state index in [0.29, 0.717) is 11.5 Å². The number of hydrogen-bond acceptors (Lipinski definition) is 6. The van der Waals surface area contributed by atoms with Crippen molar-refractivity contribution >= 4 is 28.3 Å². The van der Waals surface area contributed by atoms with Gasteiger partial charge in [-0.05, 0) is 71.7 Å². The highest BCUT2D eigenvalue weighted by atomic mass is 16.7. The van der Waals surface area contributed by atoms with Crippen LogP contribution in [0.15, 0.2) is 54.6 Å². The average Bonchev–Trinajstić information content (AvgIpc) is 2.87. The van der Waals surface area contributed by atoms with E-state index in [1.807, 2.05) is 45.9 Å². The maximum Gasteiger partial charge on any atom is 0.321 e. The molecule has 0 heterocycles. The fourth-order valence-electron chi connectivity index (χ4n) is 4.33. The molecule has 202 valence electrons. The Labute approximate surface area is 225 Å². The Morgan fingerprint density at radius 2 is 1.66 bits per heavy atom. The van der Waals surface area contributed by atoms with Gasteiger partial charge >= 0.3 is 5.97 Å². The van der Waals surface area contributed by atoms with Gasteiger partial charge in [0.2, 0.25) is 0 Å². The molecular weight excluding hydrogens is 478 g/mol. The van der Waals surface area contributed by atoms with Crippen molar-refractivity contribution in [1.29, 1.82) is 0 Å². The SMILES string of the molecule is CCC(CCc1ccc2cc(C(=O)CNOC(C)=O)ccc2c1)c1ccc(OCC(=O)C(C)(C)C)c(C)c1. The number of hydrogen-bond donors (Lipinski definition) is 1. The van der Waals surface area contributed by atoms with Crippen LogP contribution in [0.4, 0.5) is 0 Å². The Bertz CT molecular complexity index is 1300. The maximum absolute atomic E-state index is 12.4. The molecule has 1 N–H and O–H groups in total. The Hall–Kier alpha value is -3.51. The van der Waals surface area contributed by atoms with Gasteiger partial charge in [-0.15, -0.1) is 5.48 Å². The van der Waals surface area contributed by atoms with Crippen molar-refractivity contribution in [3.63, 3.8) is 0 Å². The lowest BCUT2D eigenvalue weighted by atomic mass is 9.89. The zero-order valence-electron chi connectivity index (χ0n) is 23.4. The normalized spacial score (nSPS) is 12.3. The van der Waals surface area contributed by atoms with Gasteiger partial charge in [-0.25, -0.2) is 0 Å². The molecule has 6 heteroatoms. The molecule has 0 saturated carbocycles. The second kappa shape index (κ2) is 12.8. The first-order chi connectivity index (χ1) is 18.0. The van der Waals surface area contributed by atoms with Gasteiger partial charge in [-0.1, -0.05) is 70.2 Å². The molecule has 0 fully saturated rings. The number of ketones is 2. The number of carbonyl (C=O) groups excluding carboxylic acids is 3. The van der Waals surface area contributed by atoms with Crippen molar-refractivity contribution in [2.45, 2.75) is 66.7 Å². The number of ether oxygens (including phenoxy) is 1. The summed E-state index contributed by atoms with van der Waals surface area (Å²) in [6.07, 6.45) is 2.99. The number of aryl methyl sites for hydroxylation is 2. The first kappa shape index (κ1) is 29.1. The van der Waals surface area contributed by atoms with Gasteiger partial charge in [0.1, 0.15) is 12.4 Å². The molecule has 0 bridgehead atoms. The lowest BCUT2D eigenvalue weighted by molar-refractivity contribution is -0.147. The number of nitrogens with one attached hydrogen (secondary N) is 1. The van der Waals surface area contributed by atoms with E-state index >= 15 is 0 Å². The number of Topliss-reactive ketones (excluding diaryl/α,β-unsaturated/α-hetero) is 2. The van der Waals surface area contributed by atoms with Gasteiger partial charge in [0.25, 0.3) is 0 Å². The molecule has 0 aliphatic carbocycles. The predicted molar refractivity (Wildman–Crippen MR) is 151 cm³/mol. The Balaban J connectivity index is 1.62. The standard InChI is InChI=1S/C32H39NO5/c1-7-24(25-14-15-30(21(2)16-25)37-20-31(36)32(4,5)6)10-8-23-9-11-27-18-28(13-12-26(27)17-23)29(35)19-33-38-22(3)34/h9,11-18,24,33H,7-8,10,19-20H2,1-6H3. The average molecular weight is 518 g/mol. The second-order valence-corrected chi connectivity index (χ2v) is 10.9. The molecule has 1 atom stereocenters. The molecular formula is C32H39NO5. The zero-order valence-corrected chi connectivity index (χ0v) is 23.4. The lowest BCUT2D eigenvalue weighted by Crippen LogP contribution is -2.26. The van der Waals surface area contributed by atoms with E-state index in [-0.39, 0.29) is 24.7 Å². The molecule has 3 rings (SSSR count). The molecule has 0 aliphatic heterocycles. The van der Waals surface area contributed by atoms with Gasteiger partial charge in [0.05, 0.1) is 6.54 Å². The van der Waals surface area contributed by atoms with Crippen molar-refractivity contribution in [2.75, 3.05) is 13.2 Å². The summed E-state index contributed by atoms with van der Waals surface area (Å²) < 4.78 is 5.82. The Morgan fingerprint density at radius 1 is 0.947 bits per heavy atom. The second-order valence-electron chi connectivity index (χ2n) is 10.9. The number of carbonyl (C=O) groups is 3. The summed E-state index contributed by atoms with van der Waals surface area (Å²) in [7, 11) is 0. The number of hydroxylamine groups is 1. The summed E-state index contributed by atoms with van der Waals surface area (Å²) in [6.45, 7) is 11.3. The lowest BCUT2D eigenvalue weighted by Gasteiger charge is -2.19. The fourth-order valence-corrected chi connectivity index (χ4v) is 4.33. The van der Waals surface area contributed by atoms with E-state index in [2.05, 4.69) is 47.6 Å². The van der Waals surface area contributed by atoms with E-state index in [0.717, 1.165) is 41.3 Å². The van der Waals surface area contributed by atoms with Crippen LogP contribution in [0.5, 0.6) is 5.75 Å². The van der Waals surface area contributed by atoms with Crippen LogP contribution in [-0.2, 0) is 20.8 Å². The van der Waals surface area contributed by atoms with E-state index in [1.165, 1.54) is 18.1 Å². The molecule has 0 radical (unpaired) electrons. The summed E-state index contributed by atoms with van der Waals surface area (Å²) in [6, 6.07) is 18.3. The topological polar surface area (TPSA) is 81.7 Å². The van der Waals surface area contributed by atoms with E-state index in [4.69, 9.17) is 4.74 Å². The molecule has 0 saturated heterocycles. The molecule has 0 aliphatic rings. The van der Waals surface area contributed by atoms with Crippen LogP contribution >= 0.6 is 0 Å². The minimum absolute atomic E-state index is 0.0663. The van der Waals surface area contributed by atoms with Crippen LogP contribution in [0.3, 0.4) is 0 Å². The molecule has 0 aromatic heterocycles. The molecule has 3 aromatic rings. The van der Waals surface area contributed by atoms with Crippen molar-refractivity contribution in [2.24, 2.45) is 5.41 Å². The van der Waals surface area contributed by atoms with E-state index < -0.39 is 11.4 Å². The van der Waals surface area contributed by atoms with Crippen molar-refractivity contribution in [3.05, 3.63) is 76.9 Å². The summed E-state index contributed by atoms with van der Waals surface area (Å²) in [5, 5.41) is 2.08. The monoisotopic (exact) mass is 517 g/mol. The third kappa shape index (κ3) is 7.99. The quantitative estimate of drug-likeness (QED) is 0.218. The van der Waals surface area contributed by atoms with Crippen LogP contribution in [-0.4, -0.2) is 30.7 Å². The highest BCUT2D eigenvalue weighted by molar-refractivity contribution is 6.01.